The predicted octanol–water partition coefficient (Wildman–Crippen LogP) is 0.848. The first kappa shape index (κ1) is 17.9. The summed E-state index contributed by atoms with van der Waals surface area (Å²) in [6, 6.07) is 4.59. The van der Waals surface area contributed by atoms with Crippen molar-refractivity contribution in [2.45, 2.75) is 0 Å². The number of benzene rings is 1. The van der Waals surface area contributed by atoms with E-state index in [9.17, 15) is 9.90 Å². The second-order valence-corrected chi connectivity index (χ2v) is 2.60. The van der Waals surface area contributed by atoms with E-state index < -0.39 is 5.97 Å². The molecule has 0 atom stereocenters. The van der Waals surface area contributed by atoms with Gasteiger partial charge < -0.3 is 14.9 Å². The molecular formula is C10H11CoNaO4. The zero-order valence-electron chi connectivity index (χ0n) is 7.93. The van der Waals surface area contributed by atoms with Gasteiger partial charge in [-0.15, -0.1) is 0 Å². The van der Waals surface area contributed by atoms with Gasteiger partial charge in [0.15, 0.2) is 11.5 Å². The van der Waals surface area contributed by atoms with Crippen molar-refractivity contribution in [1.29, 1.82) is 0 Å². The summed E-state index contributed by atoms with van der Waals surface area (Å²) in [5.74, 6) is -0.672. The molecule has 6 heteroatoms. The minimum atomic E-state index is -1.02. The van der Waals surface area contributed by atoms with Gasteiger partial charge in [-0.3, -0.25) is 0 Å². The van der Waals surface area contributed by atoms with Crippen molar-refractivity contribution in [1.82, 2.24) is 0 Å². The van der Waals surface area contributed by atoms with Crippen molar-refractivity contribution >= 4 is 41.6 Å². The summed E-state index contributed by atoms with van der Waals surface area (Å²) < 4.78 is 4.86. The van der Waals surface area contributed by atoms with E-state index in [1.165, 1.54) is 19.3 Å². The van der Waals surface area contributed by atoms with E-state index in [2.05, 4.69) is 0 Å². The summed E-state index contributed by atoms with van der Waals surface area (Å²) in [5.41, 5.74) is 0.655. The number of phenolic OH excluding ortho intramolecular Hbond substituents is 1. The Hall–Kier alpha value is -0.464. The molecule has 0 fully saturated rings. The van der Waals surface area contributed by atoms with Gasteiger partial charge >= 0.3 is 35.5 Å². The summed E-state index contributed by atoms with van der Waals surface area (Å²) in [4.78, 5) is 10.2. The zero-order chi connectivity index (χ0) is 10.6. The summed E-state index contributed by atoms with van der Waals surface area (Å²) in [6.07, 6.45) is 2.44. The number of hydrogen-bond donors (Lipinski definition) is 2. The van der Waals surface area contributed by atoms with Crippen LogP contribution in [0.15, 0.2) is 24.3 Å². The van der Waals surface area contributed by atoms with Crippen LogP contribution in [0.25, 0.3) is 6.08 Å². The molecule has 0 aliphatic carbocycles. The first-order valence-corrected chi connectivity index (χ1v) is 3.91. The van der Waals surface area contributed by atoms with Crippen LogP contribution in [0.2, 0.25) is 0 Å². The number of hydrogen-bond acceptors (Lipinski definition) is 3. The summed E-state index contributed by atoms with van der Waals surface area (Å²) >= 11 is 0. The van der Waals surface area contributed by atoms with Crippen LogP contribution >= 0.6 is 0 Å². The van der Waals surface area contributed by atoms with Crippen molar-refractivity contribution in [2.75, 3.05) is 7.11 Å². The Bertz CT molecular complexity index is 379. The fourth-order valence-corrected chi connectivity index (χ4v) is 0.965. The summed E-state index contributed by atoms with van der Waals surface area (Å²) in [7, 11) is 1.43. The first-order valence-electron chi connectivity index (χ1n) is 3.91. The molecule has 0 bridgehead atoms. The summed E-state index contributed by atoms with van der Waals surface area (Å²) in [6.45, 7) is 0. The maximum atomic E-state index is 10.2. The molecule has 1 aromatic rings. The number of carbonyl (C=O) groups is 1. The third-order valence-electron chi connectivity index (χ3n) is 1.62. The Morgan fingerprint density at radius 3 is 2.56 bits per heavy atom. The third kappa shape index (κ3) is 5.57. The van der Waals surface area contributed by atoms with Crippen molar-refractivity contribution in [3.63, 3.8) is 0 Å². The number of rotatable bonds is 3. The Labute approximate surface area is 126 Å². The van der Waals surface area contributed by atoms with Crippen molar-refractivity contribution < 1.29 is 36.5 Å². The number of phenols is 1. The fourth-order valence-electron chi connectivity index (χ4n) is 0.965. The normalized spacial score (nSPS) is 9.06. The minimum absolute atomic E-state index is 0. The Balaban J connectivity index is 0. The molecule has 0 spiro atoms. The van der Waals surface area contributed by atoms with E-state index in [-0.39, 0.29) is 52.1 Å². The van der Waals surface area contributed by atoms with E-state index >= 15 is 0 Å². The fraction of sp³-hybridized carbons (Fsp3) is 0.100. The van der Waals surface area contributed by atoms with Crippen LogP contribution < -0.4 is 4.74 Å². The molecule has 0 saturated carbocycles. The number of aromatic hydroxyl groups is 1. The van der Waals surface area contributed by atoms with E-state index in [1.807, 2.05) is 0 Å². The molecule has 0 aromatic heterocycles. The van der Waals surface area contributed by atoms with Gasteiger partial charge in [0.05, 0.1) is 7.11 Å². The van der Waals surface area contributed by atoms with Gasteiger partial charge in [-0.05, 0) is 23.8 Å². The van der Waals surface area contributed by atoms with Crippen molar-refractivity contribution in [3.8, 4) is 11.5 Å². The number of carboxylic acid groups (broad SMARTS) is 1. The average Bonchev–Trinajstić information content (AvgIpc) is 2.16. The van der Waals surface area contributed by atoms with E-state index in [0.29, 0.717) is 11.3 Å². The number of methoxy groups -OCH3 is 1. The Morgan fingerprint density at radius 1 is 1.44 bits per heavy atom. The van der Waals surface area contributed by atoms with Crippen molar-refractivity contribution in [2.24, 2.45) is 0 Å². The van der Waals surface area contributed by atoms with Gasteiger partial charge in [-0.2, -0.15) is 0 Å². The van der Waals surface area contributed by atoms with Crippen molar-refractivity contribution in [3.05, 3.63) is 29.8 Å². The second kappa shape index (κ2) is 8.66. The molecule has 2 N–H and O–H groups in total. The van der Waals surface area contributed by atoms with Crippen LogP contribution in [0.3, 0.4) is 0 Å². The standard InChI is InChI=1S/C10H10O4.Co.Na.H/c1-14-9-6-7(2-4-8(9)11)3-5-10(12)13;;;/h2-6,11H,1H3,(H,12,13);;;. The van der Waals surface area contributed by atoms with Gasteiger partial charge in [-0.25, -0.2) is 4.79 Å². The molecule has 0 amide bonds. The molecule has 0 aliphatic heterocycles. The maximum absolute atomic E-state index is 10.2. The Morgan fingerprint density at radius 2 is 2.06 bits per heavy atom. The molecule has 1 radical (unpaired) electrons. The van der Waals surface area contributed by atoms with Gasteiger partial charge in [-0.1, -0.05) is 6.07 Å². The third-order valence-corrected chi connectivity index (χ3v) is 1.62. The molecule has 0 unspecified atom stereocenters. The molecule has 0 heterocycles. The van der Waals surface area contributed by atoms with Gasteiger partial charge in [0.2, 0.25) is 0 Å². The number of carboxylic acids is 1. The number of ether oxygens (including phenoxy) is 1. The molecule has 4 nitrogen and oxygen atoms in total. The van der Waals surface area contributed by atoms with Crippen LogP contribution in [-0.4, -0.2) is 52.8 Å². The Kier molecular flexibility index (Phi) is 9.70. The van der Waals surface area contributed by atoms with Gasteiger partial charge in [0.25, 0.3) is 0 Å². The van der Waals surface area contributed by atoms with Crippen LogP contribution in [0.5, 0.6) is 11.5 Å². The molecule has 1 aromatic carbocycles. The average molecular weight is 277 g/mol. The SMILES string of the molecule is COc1cc(C=CC(=O)O)ccc1O.[Co].[NaH]. The molecule has 0 aliphatic rings. The van der Waals surface area contributed by atoms with E-state index in [4.69, 9.17) is 9.84 Å². The first-order chi connectivity index (χ1) is 6.63. The second-order valence-electron chi connectivity index (χ2n) is 2.60. The van der Waals surface area contributed by atoms with Gasteiger partial charge in [0.1, 0.15) is 0 Å². The van der Waals surface area contributed by atoms with E-state index in [0.717, 1.165) is 6.08 Å². The molecular weight excluding hydrogens is 266 g/mol. The zero-order valence-corrected chi connectivity index (χ0v) is 8.97. The van der Waals surface area contributed by atoms with Crippen LogP contribution in [0, 0.1) is 0 Å². The molecule has 1 rings (SSSR count). The van der Waals surface area contributed by atoms with Crippen LogP contribution in [0.1, 0.15) is 5.56 Å². The quantitative estimate of drug-likeness (QED) is 0.635. The van der Waals surface area contributed by atoms with Crippen LogP contribution in [-0.2, 0) is 21.6 Å². The summed E-state index contributed by atoms with van der Waals surface area (Å²) in [5, 5.41) is 17.6. The number of aliphatic carboxylic acids is 1. The predicted molar refractivity (Wildman–Crippen MR) is 58.5 cm³/mol. The molecule has 0 saturated heterocycles. The monoisotopic (exact) mass is 277 g/mol. The van der Waals surface area contributed by atoms with E-state index in [1.54, 1.807) is 12.1 Å². The van der Waals surface area contributed by atoms with Gasteiger partial charge in [0, 0.05) is 22.9 Å². The van der Waals surface area contributed by atoms with Crippen LogP contribution in [0.4, 0.5) is 0 Å². The topological polar surface area (TPSA) is 66.8 Å². The molecule has 16 heavy (non-hydrogen) atoms. The molecule has 85 valence electrons.